The Labute approximate surface area is 163 Å². The van der Waals surface area contributed by atoms with E-state index in [1.54, 1.807) is 36.0 Å². The predicted octanol–water partition coefficient (Wildman–Crippen LogP) is 2.65. The second kappa shape index (κ2) is 8.90. The molecular formula is C22H22N4O2. The van der Waals surface area contributed by atoms with Crippen LogP contribution in [0.1, 0.15) is 34.0 Å². The minimum absolute atomic E-state index is 0.0223. The molecule has 0 bridgehead atoms. The molecule has 142 valence electrons. The Morgan fingerprint density at radius 1 is 1.07 bits per heavy atom. The highest BCUT2D eigenvalue weighted by Gasteiger charge is 2.07. The summed E-state index contributed by atoms with van der Waals surface area (Å²) in [5.74, 6) is -0.232. The number of amides is 1. The second-order valence-corrected chi connectivity index (χ2v) is 6.70. The fraction of sp³-hybridized carbons (Fsp3) is 0.182. The zero-order valence-electron chi connectivity index (χ0n) is 15.7. The first-order valence-corrected chi connectivity index (χ1v) is 9.01. The van der Waals surface area contributed by atoms with Crippen LogP contribution in [0.5, 0.6) is 0 Å². The van der Waals surface area contributed by atoms with Gasteiger partial charge in [0.05, 0.1) is 18.7 Å². The van der Waals surface area contributed by atoms with Gasteiger partial charge in [-0.3, -0.25) is 14.6 Å². The molecule has 0 saturated heterocycles. The molecule has 1 aromatic carbocycles. The van der Waals surface area contributed by atoms with Crippen LogP contribution >= 0.6 is 0 Å². The highest BCUT2D eigenvalue weighted by molar-refractivity contribution is 5.96. The van der Waals surface area contributed by atoms with E-state index in [2.05, 4.69) is 10.3 Å². The summed E-state index contributed by atoms with van der Waals surface area (Å²) in [4.78, 5) is 28.1. The van der Waals surface area contributed by atoms with E-state index >= 15 is 0 Å². The lowest BCUT2D eigenvalue weighted by molar-refractivity contribution is 0.0958. The molecule has 1 amide bonds. The van der Waals surface area contributed by atoms with Crippen molar-refractivity contribution in [3.63, 3.8) is 0 Å². The number of carbonyl (C=O) groups excluding carboxylic acids is 1. The van der Waals surface area contributed by atoms with Crippen molar-refractivity contribution in [1.29, 1.82) is 5.41 Å². The van der Waals surface area contributed by atoms with Crippen molar-refractivity contribution < 1.29 is 4.79 Å². The summed E-state index contributed by atoms with van der Waals surface area (Å²) in [6.07, 6.45) is 5.70. The number of benzene rings is 1. The molecule has 2 heterocycles. The van der Waals surface area contributed by atoms with Crippen LogP contribution in [0.4, 0.5) is 0 Å². The third-order valence-electron chi connectivity index (χ3n) is 4.25. The van der Waals surface area contributed by atoms with Crippen LogP contribution in [0.15, 0.2) is 71.9 Å². The lowest BCUT2D eigenvalue weighted by Crippen LogP contribution is -2.28. The standard InChI is InChI=1S/C22H22N4O2/c1-16(23)12-25-22(28)20-11-19(13-24-14-20)10-17-5-7-18(8-6-17)15-26-9-3-2-4-21(26)27/h2-9,11,13-14,23H,10,12,15H2,1H3,(H,25,28). The quantitative estimate of drug-likeness (QED) is 0.623. The molecule has 2 aromatic heterocycles. The average molecular weight is 374 g/mol. The molecule has 6 heteroatoms. The zero-order valence-corrected chi connectivity index (χ0v) is 15.7. The molecular weight excluding hydrogens is 352 g/mol. The van der Waals surface area contributed by atoms with Crippen LogP contribution in [0.25, 0.3) is 0 Å². The van der Waals surface area contributed by atoms with Crippen molar-refractivity contribution in [3.05, 3.63) is 99.7 Å². The summed E-state index contributed by atoms with van der Waals surface area (Å²) in [5.41, 5.74) is 3.94. The van der Waals surface area contributed by atoms with Crippen LogP contribution in [-0.4, -0.2) is 27.7 Å². The van der Waals surface area contributed by atoms with Crippen LogP contribution in [0.2, 0.25) is 0 Å². The molecule has 3 rings (SSSR count). The lowest BCUT2D eigenvalue weighted by atomic mass is 10.0. The molecule has 0 aliphatic carbocycles. The first kappa shape index (κ1) is 19.2. The number of carbonyl (C=O) groups is 1. The van der Waals surface area contributed by atoms with Crippen LogP contribution in [0, 0.1) is 5.41 Å². The smallest absolute Gasteiger partial charge is 0.253 e. The summed E-state index contributed by atoms with van der Waals surface area (Å²) >= 11 is 0. The van der Waals surface area contributed by atoms with Crippen LogP contribution < -0.4 is 10.9 Å². The van der Waals surface area contributed by atoms with Crippen molar-refractivity contribution in [1.82, 2.24) is 14.9 Å². The van der Waals surface area contributed by atoms with Gasteiger partial charge in [0, 0.05) is 30.4 Å². The number of hydrogen-bond donors (Lipinski definition) is 2. The topological polar surface area (TPSA) is 87.8 Å². The summed E-state index contributed by atoms with van der Waals surface area (Å²) in [5, 5.41) is 10.1. The number of hydrogen-bond acceptors (Lipinski definition) is 4. The third-order valence-corrected chi connectivity index (χ3v) is 4.25. The first-order chi connectivity index (χ1) is 13.5. The zero-order chi connectivity index (χ0) is 19.9. The van der Waals surface area contributed by atoms with Gasteiger partial charge in [0.2, 0.25) is 0 Å². The maximum atomic E-state index is 12.1. The monoisotopic (exact) mass is 374 g/mol. The molecule has 3 aromatic rings. The van der Waals surface area contributed by atoms with E-state index < -0.39 is 0 Å². The molecule has 0 aliphatic rings. The van der Waals surface area contributed by atoms with Gasteiger partial charge >= 0.3 is 0 Å². The summed E-state index contributed by atoms with van der Waals surface area (Å²) in [6.45, 7) is 2.41. The molecule has 0 spiro atoms. The minimum atomic E-state index is -0.232. The maximum absolute atomic E-state index is 12.1. The molecule has 28 heavy (non-hydrogen) atoms. The Hall–Kier alpha value is -3.54. The van der Waals surface area contributed by atoms with Gasteiger partial charge in [-0.1, -0.05) is 30.3 Å². The van der Waals surface area contributed by atoms with Gasteiger partial charge in [-0.15, -0.1) is 0 Å². The molecule has 0 saturated carbocycles. The van der Waals surface area contributed by atoms with Gasteiger partial charge in [-0.05, 0) is 42.2 Å². The number of nitrogens with one attached hydrogen (secondary N) is 2. The minimum Gasteiger partial charge on any atom is -0.347 e. The number of rotatable bonds is 7. The maximum Gasteiger partial charge on any atom is 0.253 e. The molecule has 6 nitrogen and oxygen atoms in total. The summed E-state index contributed by atoms with van der Waals surface area (Å²) in [6, 6.07) is 15.0. The third kappa shape index (κ3) is 5.23. The van der Waals surface area contributed by atoms with Gasteiger partial charge < -0.3 is 15.3 Å². The predicted molar refractivity (Wildman–Crippen MR) is 109 cm³/mol. The van der Waals surface area contributed by atoms with E-state index in [1.807, 2.05) is 36.4 Å². The fourth-order valence-electron chi connectivity index (χ4n) is 2.81. The Balaban J connectivity index is 1.66. The average Bonchev–Trinajstić information content (AvgIpc) is 2.69. The van der Waals surface area contributed by atoms with Gasteiger partial charge in [-0.25, -0.2) is 0 Å². The van der Waals surface area contributed by atoms with Crippen molar-refractivity contribution in [3.8, 4) is 0 Å². The Morgan fingerprint density at radius 2 is 1.82 bits per heavy atom. The number of pyridine rings is 2. The number of aromatic nitrogens is 2. The SMILES string of the molecule is CC(=N)CNC(=O)c1cncc(Cc2ccc(Cn3ccccc3=O)cc2)c1. The van der Waals surface area contributed by atoms with E-state index in [-0.39, 0.29) is 18.0 Å². The molecule has 2 N–H and O–H groups in total. The van der Waals surface area contributed by atoms with Gasteiger partial charge in [0.15, 0.2) is 0 Å². The van der Waals surface area contributed by atoms with E-state index in [0.29, 0.717) is 24.2 Å². The first-order valence-electron chi connectivity index (χ1n) is 9.01. The normalized spacial score (nSPS) is 10.5. The highest BCUT2D eigenvalue weighted by atomic mass is 16.1. The van der Waals surface area contributed by atoms with Gasteiger partial charge in [-0.2, -0.15) is 0 Å². The molecule has 0 fully saturated rings. The van der Waals surface area contributed by atoms with Crippen molar-refractivity contribution >= 4 is 11.6 Å². The van der Waals surface area contributed by atoms with E-state index in [9.17, 15) is 9.59 Å². The largest absolute Gasteiger partial charge is 0.347 e. The summed E-state index contributed by atoms with van der Waals surface area (Å²) in [7, 11) is 0. The fourth-order valence-corrected chi connectivity index (χ4v) is 2.81. The molecule has 0 radical (unpaired) electrons. The van der Waals surface area contributed by atoms with Crippen LogP contribution in [-0.2, 0) is 13.0 Å². The lowest BCUT2D eigenvalue weighted by Gasteiger charge is -2.08. The van der Waals surface area contributed by atoms with E-state index in [4.69, 9.17) is 5.41 Å². The summed E-state index contributed by atoms with van der Waals surface area (Å²) < 4.78 is 1.66. The Kier molecular flexibility index (Phi) is 6.11. The van der Waals surface area contributed by atoms with Crippen molar-refractivity contribution in [2.75, 3.05) is 6.54 Å². The van der Waals surface area contributed by atoms with E-state index in [0.717, 1.165) is 16.7 Å². The highest BCUT2D eigenvalue weighted by Crippen LogP contribution is 2.12. The molecule has 0 unspecified atom stereocenters. The van der Waals surface area contributed by atoms with Gasteiger partial charge in [0.25, 0.3) is 11.5 Å². The number of nitrogens with zero attached hydrogens (tertiary/aromatic N) is 2. The van der Waals surface area contributed by atoms with Gasteiger partial charge in [0.1, 0.15) is 0 Å². The van der Waals surface area contributed by atoms with Crippen molar-refractivity contribution in [2.24, 2.45) is 0 Å². The Bertz CT molecular complexity index is 1040. The molecule has 0 aliphatic heterocycles. The van der Waals surface area contributed by atoms with Crippen molar-refractivity contribution in [2.45, 2.75) is 19.9 Å². The molecule has 0 atom stereocenters. The van der Waals surface area contributed by atoms with Crippen LogP contribution in [0.3, 0.4) is 0 Å². The second-order valence-electron chi connectivity index (χ2n) is 6.70. The Morgan fingerprint density at radius 3 is 2.54 bits per heavy atom. The van der Waals surface area contributed by atoms with E-state index in [1.165, 1.54) is 6.20 Å².